The van der Waals surface area contributed by atoms with Gasteiger partial charge in [-0.25, -0.2) is 38.4 Å². The molecule has 0 atom stereocenters. The minimum Gasteiger partial charge on any atom is -0.462 e. The average molecular weight is 1680 g/mol. The predicted molar refractivity (Wildman–Crippen MR) is 452 cm³/mol. The van der Waals surface area contributed by atoms with E-state index < -0.39 is 85.5 Å². The maximum Gasteiger partial charge on any atom is 0.411 e. The Morgan fingerprint density at radius 3 is 0.832 bits per heavy atom. The molecule has 0 bridgehead atoms. The van der Waals surface area contributed by atoms with Crippen molar-refractivity contribution >= 4 is 72.1 Å². The van der Waals surface area contributed by atoms with Crippen LogP contribution in [0, 0.1) is 0 Å². The summed E-state index contributed by atoms with van der Waals surface area (Å²) in [5.41, 5.74) is -3.24. The highest BCUT2D eigenvalue weighted by molar-refractivity contribution is 5.88. The van der Waals surface area contributed by atoms with Gasteiger partial charge in [-0.3, -0.25) is 38.8 Å². The van der Waals surface area contributed by atoms with E-state index in [4.69, 9.17) is 56.8 Å². The van der Waals surface area contributed by atoms with E-state index in [1.165, 1.54) is 6.08 Å². The van der Waals surface area contributed by atoms with Gasteiger partial charge in [0.25, 0.3) is 0 Å². The smallest absolute Gasteiger partial charge is 0.411 e. The van der Waals surface area contributed by atoms with Gasteiger partial charge < -0.3 is 56.8 Å². The third-order valence-corrected chi connectivity index (χ3v) is 20.1. The maximum atomic E-state index is 13.0. The number of carbonyl (C=O) groups excluding carboxylic acids is 12. The second-order valence-corrected chi connectivity index (χ2v) is 37.9. The van der Waals surface area contributed by atoms with Gasteiger partial charge in [-0.15, -0.1) is 0 Å². The van der Waals surface area contributed by atoms with E-state index in [1.54, 1.807) is 47.3 Å². The molecule has 4 aliphatic rings. The van der Waals surface area contributed by atoms with Crippen molar-refractivity contribution in [1.29, 1.82) is 0 Å². The normalized spacial score (nSPS) is 18.1. The number of ether oxygens (including phenoxy) is 12. The number of hydrogen-bond donors (Lipinski definition) is 0. The van der Waals surface area contributed by atoms with Crippen LogP contribution in [0.2, 0.25) is 0 Å². The summed E-state index contributed by atoms with van der Waals surface area (Å²) < 4.78 is 64.8. The van der Waals surface area contributed by atoms with E-state index in [0.717, 1.165) is 12.0 Å². The molecule has 672 valence electrons. The molecule has 4 heterocycles. The van der Waals surface area contributed by atoms with Crippen LogP contribution in [0.1, 0.15) is 295 Å². The van der Waals surface area contributed by atoms with Crippen LogP contribution in [-0.2, 0) is 102 Å². The third-order valence-electron chi connectivity index (χ3n) is 20.1. The zero-order valence-electron chi connectivity index (χ0n) is 76.7. The molecule has 0 saturated carbocycles. The van der Waals surface area contributed by atoms with Crippen molar-refractivity contribution in [3.8, 4) is 0 Å². The molecule has 0 unspecified atom stereocenters. The van der Waals surface area contributed by atoms with Crippen molar-refractivity contribution in [2.45, 2.75) is 376 Å². The summed E-state index contributed by atoms with van der Waals surface area (Å²) in [5.74, 6) is -3.20. The number of likely N-dealkylation sites (tertiary alicyclic amines) is 4. The number of benzene rings is 1. The SMILES string of the molecule is C=C(C)C(=O)OCCCC(=O)OC1CC(C)(C)N(C(=O)OC(C)(C)C)C(C)(C)C1.C=C(C)C(=O)OCCCC(=O)OC1CC(C)(C)N(C(=O)OC(C)(C)CC)C(C)(C)C1.C=C(C)C(=O)OCCCC(=O)OC1CC(C)(C)N(C(=O)OCc2ccccc2)C(C)(C)C1.C=CCOC(=O)N1C(C)(C)CC(OC(=O)CCCOC(=O)C(=C)C)CC1(C)C. The third kappa shape index (κ3) is 36.3. The van der Waals surface area contributed by atoms with Crippen molar-refractivity contribution in [1.82, 2.24) is 19.6 Å². The number of nitrogens with zero attached hydrogens (tertiary/aromatic N) is 4. The van der Waals surface area contributed by atoms with Crippen LogP contribution in [0.3, 0.4) is 0 Å². The maximum absolute atomic E-state index is 13.0. The van der Waals surface area contributed by atoms with Gasteiger partial charge in [-0.05, 0) is 211 Å². The molecule has 4 saturated heterocycles. The van der Waals surface area contributed by atoms with Gasteiger partial charge in [0.1, 0.15) is 48.8 Å². The first kappa shape index (κ1) is 106. The summed E-state index contributed by atoms with van der Waals surface area (Å²) in [5, 5.41) is 0. The number of piperidine rings is 4. The van der Waals surface area contributed by atoms with Crippen molar-refractivity contribution in [3.05, 3.63) is 97.2 Å². The highest BCUT2D eigenvalue weighted by atomic mass is 16.6. The lowest BCUT2D eigenvalue weighted by Gasteiger charge is -2.54. The molecular formula is C91H144N4O24. The molecular weight excluding hydrogens is 1530 g/mol. The van der Waals surface area contributed by atoms with E-state index in [-0.39, 0.29) is 132 Å². The number of hydrogen-bond acceptors (Lipinski definition) is 24. The van der Waals surface area contributed by atoms with Crippen molar-refractivity contribution < 1.29 is 114 Å². The number of carbonyl (C=O) groups is 12. The van der Waals surface area contributed by atoms with Gasteiger partial charge in [-0.2, -0.15) is 0 Å². The fourth-order valence-corrected chi connectivity index (χ4v) is 15.7. The van der Waals surface area contributed by atoms with E-state index in [9.17, 15) is 57.5 Å². The minimum absolute atomic E-state index is 0.142. The summed E-state index contributed by atoms with van der Waals surface area (Å²) in [7, 11) is 0. The van der Waals surface area contributed by atoms with Crippen LogP contribution in [0.5, 0.6) is 0 Å². The first-order valence-corrected chi connectivity index (χ1v) is 41.2. The van der Waals surface area contributed by atoms with Crippen molar-refractivity contribution in [2.75, 3.05) is 33.0 Å². The molecule has 1 aromatic rings. The van der Waals surface area contributed by atoms with Gasteiger partial charge >= 0.3 is 72.1 Å². The van der Waals surface area contributed by atoms with Crippen LogP contribution in [0.4, 0.5) is 19.2 Å². The highest BCUT2D eigenvalue weighted by Crippen LogP contribution is 2.45. The van der Waals surface area contributed by atoms with E-state index in [0.29, 0.717) is 99.3 Å². The molecule has 0 aliphatic carbocycles. The fraction of sp³-hybridized carbons (Fsp3) is 0.692. The summed E-state index contributed by atoms with van der Waals surface area (Å²) in [6.45, 7) is 67.3. The topological polar surface area (TPSA) is 329 Å². The Morgan fingerprint density at radius 2 is 0.605 bits per heavy atom. The number of rotatable bonds is 30. The number of esters is 8. The molecule has 119 heavy (non-hydrogen) atoms. The van der Waals surface area contributed by atoms with E-state index >= 15 is 0 Å². The lowest BCUT2D eigenvalue weighted by molar-refractivity contribution is -0.161. The Balaban J connectivity index is 0.000000539. The molecule has 0 spiro atoms. The van der Waals surface area contributed by atoms with Crippen LogP contribution in [0.25, 0.3) is 0 Å². The van der Waals surface area contributed by atoms with Crippen molar-refractivity contribution in [3.63, 3.8) is 0 Å². The second kappa shape index (κ2) is 45.4. The predicted octanol–water partition coefficient (Wildman–Crippen LogP) is 17.7. The average Bonchev–Trinajstić information content (AvgIpc) is 0.777. The molecule has 0 aromatic heterocycles. The summed E-state index contributed by atoms with van der Waals surface area (Å²) >= 11 is 0. The molecule has 0 N–H and O–H groups in total. The quantitative estimate of drug-likeness (QED) is 0.0227. The molecule has 28 nitrogen and oxygen atoms in total. The van der Waals surface area contributed by atoms with Gasteiger partial charge in [0.15, 0.2) is 0 Å². The Hall–Kier alpha value is -9.24. The van der Waals surface area contributed by atoms with Gasteiger partial charge in [-0.1, -0.05) is 76.2 Å². The molecule has 5 rings (SSSR count). The second-order valence-electron chi connectivity index (χ2n) is 37.9. The van der Waals surface area contributed by atoms with Crippen LogP contribution in [-0.4, -0.2) is 205 Å². The molecule has 0 radical (unpaired) electrons. The van der Waals surface area contributed by atoms with Gasteiger partial charge in [0, 0.05) is 144 Å². The molecule has 28 heteroatoms. The zero-order valence-corrected chi connectivity index (χ0v) is 76.7. The lowest BCUT2D eigenvalue weighted by atomic mass is 9.78. The molecule has 4 aliphatic heterocycles. The summed E-state index contributed by atoms with van der Waals surface area (Å²) in [6, 6.07) is 9.55. The Bertz CT molecular complexity index is 3630. The summed E-state index contributed by atoms with van der Waals surface area (Å²) in [4.78, 5) is 153. The Labute approximate surface area is 708 Å². The lowest BCUT2D eigenvalue weighted by Crippen LogP contribution is -2.65. The van der Waals surface area contributed by atoms with E-state index in [1.807, 2.05) is 183 Å². The Kier molecular flexibility index (Phi) is 40.4. The largest absolute Gasteiger partial charge is 0.462 e. The fourth-order valence-electron chi connectivity index (χ4n) is 15.7. The minimum atomic E-state index is -0.583. The molecule has 4 fully saturated rings. The van der Waals surface area contributed by atoms with Crippen molar-refractivity contribution in [2.24, 2.45) is 0 Å². The van der Waals surface area contributed by atoms with Gasteiger partial charge in [0.2, 0.25) is 0 Å². The van der Waals surface area contributed by atoms with Gasteiger partial charge in [0.05, 0.1) is 26.4 Å². The molecule has 1 aromatic carbocycles. The highest BCUT2D eigenvalue weighted by Gasteiger charge is 2.54. The first-order valence-electron chi connectivity index (χ1n) is 41.2. The molecule has 4 amide bonds. The first-order chi connectivity index (χ1) is 54.5. The zero-order chi connectivity index (χ0) is 91.4. The van der Waals surface area contributed by atoms with Crippen LogP contribution in [0.15, 0.2) is 91.6 Å². The number of amides is 4. The van der Waals surface area contributed by atoms with Crippen LogP contribution < -0.4 is 0 Å². The van der Waals surface area contributed by atoms with Crippen LogP contribution >= 0.6 is 0 Å². The van der Waals surface area contributed by atoms with E-state index in [2.05, 4.69) is 32.9 Å². The standard InChI is InChI=1S/C25H35NO6.C23H39NO6.C22H37NO6.C21H33NO6/c1-18(2)22(28)30-14-10-13-21(27)32-20-15-24(3,4)26(25(5,6)16-20)23(29)31-17-19-11-8-7-9-12-19;1-10-23(8,9)30-20(27)24-21(4,5)14-17(15-22(24,6)7)29-18(25)12-11-13-28-19(26)16(2)3;1-15(2)18(25)27-12-10-11-17(24)28-16-13-21(6,7)23(22(8,9)14-16)19(26)29-20(3,4)5;1-8-11-27-19(25)22-20(4,5)13-16(14-21(22,6)7)28-17(23)10-9-12-26-18(24)15(2)3/h7-9,11-12,20H,1,10,13-17H2,2-6H3;17H,2,10-15H2,1,3-9H3;16H,1,10-14H2,2-9H3;8,16H,1-2,9-14H2,3-7H3. The Morgan fingerprint density at radius 1 is 0.370 bits per heavy atom. The summed E-state index contributed by atoms with van der Waals surface area (Å²) in [6.07, 6.45) is 5.84. The monoisotopic (exact) mass is 1680 g/mol.